The monoisotopic (exact) mass is 318 g/mol. The van der Waals surface area contributed by atoms with Gasteiger partial charge in [-0.05, 0) is 17.7 Å². The topological polar surface area (TPSA) is 62.7 Å². The van der Waals surface area contributed by atoms with Gasteiger partial charge in [0.05, 0.1) is 12.7 Å². The number of benzene rings is 1. The summed E-state index contributed by atoms with van der Waals surface area (Å²) in [5, 5.41) is 9.74. The van der Waals surface area contributed by atoms with Crippen LogP contribution in [-0.4, -0.2) is 28.7 Å². The summed E-state index contributed by atoms with van der Waals surface area (Å²) in [6.45, 7) is 0.269. The minimum atomic E-state index is -0.681. The third-order valence-corrected chi connectivity index (χ3v) is 3.72. The first-order valence-corrected chi connectivity index (χ1v) is 7.34. The summed E-state index contributed by atoms with van der Waals surface area (Å²) in [6.07, 6.45) is 2.79. The summed E-state index contributed by atoms with van der Waals surface area (Å²) in [7, 11) is 0. The van der Waals surface area contributed by atoms with E-state index in [9.17, 15) is 4.79 Å². The molecule has 1 amide bonds. The van der Waals surface area contributed by atoms with E-state index in [1.165, 1.54) is 0 Å². The van der Waals surface area contributed by atoms with Gasteiger partial charge in [0, 0.05) is 30.3 Å². The van der Waals surface area contributed by atoms with Crippen LogP contribution >= 0.6 is 11.6 Å². The molecule has 0 saturated heterocycles. The van der Waals surface area contributed by atoms with Crippen LogP contribution in [-0.2, 0) is 11.3 Å². The Morgan fingerprint density at radius 1 is 1.36 bits per heavy atom. The molecule has 0 fully saturated rings. The molecule has 1 aromatic heterocycles. The molecule has 5 nitrogen and oxygen atoms in total. The van der Waals surface area contributed by atoms with E-state index in [1.807, 2.05) is 18.2 Å². The lowest BCUT2D eigenvalue weighted by Gasteiger charge is -2.34. The van der Waals surface area contributed by atoms with Crippen molar-refractivity contribution in [1.82, 2.24) is 4.98 Å². The number of halogens is 1. The highest BCUT2D eigenvalue weighted by atomic mass is 35.5. The molecule has 22 heavy (non-hydrogen) atoms. The van der Waals surface area contributed by atoms with Crippen LogP contribution in [0.1, 0.15) is 12.0 Å². The zero-order valence-electron chi connectivity index (χ0n) is 11.8. The Morgan fingerprint density at radius 3 is 3.00 bits per heavy atom. The standard InChI is InChI=1S/C16H15ClN2O3/c17-12-3-1-2-11(8-12)10-19-13-9-18-6-4-14(13)22-15(5-7-20)16(19)21/h1-4,6,8-9,15,20H,5,7,10H2. The van der Waals surface area contributed by atoms with Crippen molar-refractivity contribution in [1.29, 1.82) is 0 Å². The second-order valence-corrected chi connectivity index (χ2v) is 5.45. The van der Waals surface area contributed by atoms with E-state index in [-0.39, 0.29) is 18.9 Å². The molecule has 114 valence electrons. The molecule has 1 N–H and O–H groups in total. The second kappa shape index (κ2) is 6.34. The van der Waals surface area contributed by atoms with Crippen LogP contribution in [0, 0.1) is 0 Å². The van der Waals surface area contributed by atoms with Crippen LogP contribution in [0.25, 0.3) is 0 Å². The SMILES string of the molecule is O=C1C(CCO)Oc2ccncc2N1Cc1cccc(Cl)c1. The highest BCUT2D eigenvalue weighted by Gasteiger charge is 2.34. The molecule has 1 unspecified atom stereocenters. The number of hydrogen-bond donors (Lipinski definition) is 1. The Morgan fingerprint density at radius 2 is 2.23 bits per heavy atom. The maximum Gasteiger partial charge on any atom is 0.268 e. The van der Waals surface area contributed by atoms with E-state index in [2.05, 4.69) is 4.98 Å². The van der Waals surface area contributed by atoms with Crippen molar-refractivity contribution in [2.75, 3.05) is 11.5 Å². The molecule has 1 atom stereocenters. The Balaban J connectivity index is 1.94. The zero-order chi connectivity index (χ0) is 15.5. The number of anilines is 1. The predicted molar refractivity (Wildman–Crippen MR) is 83.0 cm³/mol. The largest absolute Gasteiger partial charge is 0.478 e. The second-order valence-electron chi connectivity index (χ2n) is 5.02. The molecule has 0 spiro atoms. The summed E-state index contributed by atoms with van der Waals surface area (Å²) < 4.78 is 5.66. The van der Waals surface area contributed by atoms with Crippen LogP contribution in [0.3, 0.4) is 0 Å². The fraction of sp³-hybridized carbons (Fsp3) is 0.250. The lowest BCUT2D eigenvalue weighted by molar-refractivity contribution is -0.127. The zero-order valence-corrected chi connectivity index (χ0v) is 12.5. The molecule has 3 rings (SSSR count). The van der Waals surface area contributed by atoms with E-state index in [4.69, 9.17) is 21.4 Å². The van der Waals surface area contributed by atoms with E-state index >= 15 is 0 Å². The number of aromatic nitrogens is 1. The molecule has 0 bridgehead atoms. The van der Waals surface area contributed by atoms with Crippen molar-refractivity contribution >= 4 is 23.2 Å². The van der Waals surface area contributed by atoms with Crippen molar-refractivity contribution in [2.24, 2.45) is 0 Å². The van der Waals surface area contributed by atoms with E-state index in [0.29, 0.717) is 23.0 Å². The lowest BCUT2D eigenvalue weighted by Crippen LogP contribution is -2.46. The number of aliphatic hydroxyl groups is 1. The highest BCUT2D eigenvalue weighted by Crippen LogP contribution is 2.34. The average molecular weight is 319 g/mol. The number of aliphatic hydroxyl groups excluding tert-OH is 1. The van der Waals surface area contributed by atoms with E-state index in [0.717, 1.165) is 5.56 Å². The molecule has 0 saturated carbocycles. The van der Waals surface area contributed by atoms with Gasteiger partial charge < -0.3 is 14.7 Å². The van der Waals surface area contributed by atoms with Gasteiger partial charge in [0.25, 0.3) is 5.91 Å². The van der Waals surface area contributed by atoms with Gasteiger partial charge >= 0.3 is 0 Å². The molecule has 2 aromatic rings. The molecular formula is C16H15ClN2O3. The van der Waals surface area contributed by atoms with Crippen molar-refractivity contribution in [3.63, 3.8) is 0 Å². The third-order valence-electron chi connectivity index (χ3n) is 3.48. The van der Waals surface area contributed by atoms with Crippen molar-refractivity contribution < 1.29 is 14.6 Å². The normalized spacial score (nSPS) is 17.1. The van der Waals surface area contributed by atoms with Gasteiger partial charge in [0.1, 0.15) is 11.4 Å². The van der Waals surface area contributed by atoms with Gasteiger partial charge in [-0.15, -0.1) is 0 Å². The van der Waals surface area contributed by atoms with Crippen LogP contribution in [0.15, 0.2) is 42.7 Å². The average Bonchev–Trinajstić information content (AvgIpc) is 2.52. The number of amides is 1. The molecular weight excluding hydrogens is 304 g/mol. The number of rotatable bonds is 4. The first-order chi connectivity index (χ1) is 10.7. The Hall–Kier alpha value is -2.11. The van der Waals surface area contributed by atoms with Crippen LogP contribution < -0.4 is 9.64 Å². The smallest absolute Gasteiger partial charge is 0.268 e. The lowest BCUT2D eigenvalue weighted by atomic mass is 10.1. The fourth-order valence-corrected chi connectivity index (χ4v) is 2.67. The van der Waals surface area contributed by atoms with Crippen molar-refractivity contribution in [2.45, 2.75) is 19.1 Å². The molecule has 1 aromatic carbocycles. The number of pyridine rings is 1. The molecule has 0 radical (unpaired) electrons. The maximum absolute atomic E-state index is 12.6. The summed E-state index contributed by atoms with van der Waals surface area (Å²) in [6, 6.07) is 9.08. The number of nitrogens with zero attached hydrogens (tertiary/aromatic N) is 2. The fourth-order valence-electron chi connectivity index (χ4n) is 2.45. The van der Waals surface area contributed by atoms with E-state index in [1.54, 1.807) is 29.4 Å². The first kappa shape index (κ1) is 14.8. The molecule has 1 aliphatic heterocycles. The van der Waals surface area contributed by atoms with E-state index < -0.39 is 6.10 Å². The number of hydrogen-bond acceptors (Lipinski definition) is 4. The maximum atomic E-state index is 12.6. The number of ether oxygens (including phenoxy) is 1. The minimum Gasteiger partial charge on any atom is -0.478 e. The van der Waals surface area contributed by atoms with Gasteiger partial charge in [-0.1, -0.05) is 23.7 Å². The van der Waals surface area contributed by atoms with Gasteiger partial charge in [-0.3, -0.25) is 9.78 Å². The number of fused-ring (bicyclic) bond motifs is 1. The Kier molecular flexibility index (Phi) is 4.27. The van der Waals surface area contributed by atoms with Gasteiger partial charge in [0.2, 0.25) is 0 Å². The minimum absolute atomic E-state index is 0.109. The van der Waals surface area contributed by atoms with Crippen LogP contribution in [0.5, 0.6) is 5.75 Å². The van der Waals surface area contributed by atoms with Crippen LogP contribution in [0.2, 0.25) is 5.02 Å². The third kappa shape index (κ3) is 2.91. The molecule has 2 heterocycles. The number of carbonyl (C=O) groups is 1. The quantitative estimate of drug-likeness (QED) is 0.940. The molecule has 6 heteroatoms. The summed E-state index contributed by atoms with van der Waals surface area (Å²) in [5.74, 6) is 0.407. The van der Waals surface area contributed by atoms with Gasteiger partial charge in [0.15, 0.2) is 6.10 Å². The van der Waals surface area contributed by atoms with Crippen molar-refractivity contribution in [3.05, 3.63) is 53.3 Å². The first-order valence-electron chi connectivity index (χ1n) is 6.96. The Bertz CT molecular complexity index is 693. The molecule has 0 aliphatic carbocycles. The van der Waals surface area contributed by atoms with Crippen LogP contribution in [0.4, 0.5) is 5.69 Å². The van der Waals surface area contributed by atoms with Gasteiger partial charge in [-0.25, -0.2) is 0 Å². The summed E-state index contributed by atoms with van der Waals surface area (Å²) >= 11 is 6.00. The molecule has 1 aliphatic rings. The Labute approximate surface area is 133 Å². The van der Waals surface area contributed by atoms with Gasteiger partial charge in [-0.2, -0.15) is 0 Å². The highest BCUT2D eigenvalue weighted by molar-refractivity contribution is 6.30. The number of carbonyl (C=O) groups excluding carboxylic acids is 1. The summed E-state index contributed by atoms with van der Waals surface area (Å²) in [4.78, 5) is 18.3. The predicted octanol–water partition coefficient (Wildman–Crippen LogP) is 2.41. The summed E-state index contributed by atoms with van der Waals surface area (Å²) in [5.41, 5.74) is 1.54. The van der Waals surface area contributed by atoms with Crippen molar-refractivity contribution in [3.8, 4) is 5.75 Å².